The van der Waals surface area contributed by atoms with Gasteiger partial charge in [0.1, 0.15) is 5.75 Å². The van der Waals surface area contributed by atoms with E-state index in [0.717, 1.165) is 0 Å². The van der Waals surface area contributed by atoms with Crippen molar-refractivity contribution >= 4 is 17.5 Å². The molecule has 0 fully saturated rings. The number of hydrogen-bond acceptors (Lipinski definition) is 3. The average Bonchev–Trinajstić information content (AvgIpc) is 2.36. The van der Waals surface area contributed by atoms with E-state index in [1.807, 2.05) is 20.8 Å². The molecule has 1 aromatic carbocycles. The lowest BCUT2D eigenvalue weighted by molar-refractivity contribution is -0.123. The van der Waals surface area contributed by atoms with Gasteiger partial charge in [0.2, 0.25) is 5.91 Å². The van der Waals surface area contributed by atoms with Crippen LogP contribution in [-0.2, 0) is 4.79 Å². The van der Waals surface area contributed by atoms with Crippen molar-refractivity contribution in [2.45, 2.75) is 20.8 Å². The third kappa shape index (κ3) is 3.73. The molecule has 0 aliphatic rings. The van der Waals surface area contributed by atoms with Crippen molar-refractivity contribution in [2.24, 2.45) is 5.41 Å². The van der Waals surface area contributed by atoms with Gasteiger partial charge >= 0.3 is 0 Å². The Morgan fingerprint density at radius 3 is 2.25 bits per heavy atom. The zero-order valence-electron chi connectivity index (χ0n) is 12.9. The number of rotatable bonds is 3. The lowest BCUT2D eigenvalue weighted by Crippen LogP contribution is -2.27. The molecule has 1 N–H and O–H groups in total. The van der Waals surface area contributed by atoms with Crippen molar-refractivity contribution in [1.29, 1.82) is 0 Å². The summed E-state index contributed by atoms with van der Waals surface area (Å²) < 4.78 is 5.23. The largest absolute Gasteiger partial charge is 0.496 e. The van der Waals surface area contributed by atoms with Crippen LogP contribution in [0.5, 0.6) is 5.75 Å². The number of amides is 2. The Bertz CT molecular complexity index is 516. The van der Waals surface area contributed by atoms with Crippen LogP contribution in [0.1, 0.15) is 31.1 Å². The van der Waals surface area contributed by atoms with E-state index in [0.29, 0.717) is 17.0 Å². The molecule has 1 aromatic rings. The van der Waals surface area contributed by atoms with E-state index in [1.165, 1.54) is 12.0 Å². The summed E-state index contributed by atoms with van der Waals surface area (Å²) >= 11 is 0. The quantitative estimate of drug-likeness (QED) is 0.923. The van der Waals surface area contributed by atoms with Gasteiger partial charge in [0.05, 0.1) is 12.7 Å². The minimum atomic E-state index is -0.481. The Hall–Kier alpha value is -2.04. The van der Waals surface area contributed by atoms with E-state index >= 15 is 0 Å². The molecular weight excluding hydrogens is 256 g/mol. The number of hydrogen-bond donors (Lipinski definition) is 1. The van der Waals surface area contributed by atoms with Crippen molar-refractivity contribution < 1.29 is 14.3 Å². The highest BCUT2D eigenvalue weighted by Gasteiger charge is 2.22. The first kappa shape index (κ1) is 16.0. The average molecular weight is 278 g/mol. The molecule has 2 amide bonds. The summed E-state index contributed by atoms with van der Waals surface area (Å²) in [5.74, 6) is 0.206. The molecule has 5 nitrogen and oxygen atoms in total. The third-order valence-corrected chi connectivity index (χ3v) is 2.78. The topological polar surface area (TPSA) is 58.6 Å². The maximum absolute atomic E-state index is 12.0. The molecule has 110 valence electrons. The molecule has 0 aliphatic heterocycles. The molecule has 0 heterocycles. The molecule has 20 heavy (non-hydrogen) atoms. The summed E-state index contributed by atoms with van der Waals surface area (Å²) in [4.78, 5) is 25.4. The van der Waals surface area contributed by atoms with Crippen molar-refractivity contribution in [3.05, 3.63) is 23.8 Å². The second-order valence-corrected chi connectivity index (χ2v) is 5.82. The van der Waals surface area contributed by atoms with Crippen LogP contribution in [0, 0.1) is 5.41 Å². The second kappa shape index (κ2) is 5.94. The van der Waals surface area contributed by atoms with Crippen molar-refractivity contribution in [3.8, 4) is 5.75 Å². The van der Waals surface area contributed by atoms with Crippen LogP contribution < -0.4 is 10.1 Å². The van der Waals surface area contributed by atoms with Crippen LogP contribution in [-0.4, -0.2) is 37.9 Å². The SMILES string of the molecule is COc1cc(NC(=O)C(C)(C)C)ccc1C(=O)N(C)C. The van der Waals surface area contributed by atoms with E-state index in [4.69, 9.17) is 4.74 Å². The number of methoxy groups -OCH3 is 1. The van der Waals surface area contributed by atoms with Gasteiger partial charge in [-0.3, -0.25) is 9.59 Å². The van der Waals surface area contributed by atoms with Crippen molar-refractivity contribution in [3.63, 3.8) is 0 Å². The zero-order chi connectivity index (χ0) is 15.5. The Morgan fingerprint density at radius 2 is 1.80 bits per heavy atom. The maximum Gasteiger partial charge on any atom is 0.257 e. The van der Waals surface area contributed by atoms with Crippen molar-refractivity contribution in [1.82, 2.24) is 4.90 Å². The standard InChI is InChI=1S/C15H22N2O3/c1-15(2,3)14(19)16-10-7-8-11(12(9-10)20-6)13(18)17(4)5/h7-9H,1-6H3,(H,16,19). The predicted molar refractivity (Wildman–Crippen MR) is 79.1 cm³/mol. The Kier molecular flexibility index (Phi) is 4.76. The molecule has 0 radical (unpaired) electrons. The van der Waals surface area contributed by atoms with Crippen LogP contribution >= 0.6 is 0 Å². The minimum absolute atomic E-state index is 0.0914. The summed E-state index contributed by atoms with van der Waals surface area (Å²) in [5.41, 5.74) is 0.592. The fourth-order valence-corrected chi connectivity index (χ4v) is 1.51. The summed E-state index contributed by atoms with van der Waals surface area (Å²) in [6.45, 7) is 5.51. The number of ether oxygens (including phenoxy) is 1. The number of anilines is 1. The molecule has 0 atom stereocenters. The van der Waals surface area contributed by atoms with Gasteiger partial charge in [0.15, 0.2) is 0 Å². The molecule has 0 spiro atoms. The predicted octanol–water partition coefficient (Wildman–Crippen LogP) is 2.38. The number of nitrogens with zero attached hydrogens (tertiary/aromatic N) is 1. The zero-order valence-corrected chi connectivity index (χ0v) is 12.9. The summed E-state index contributed by atoms with van der Waals surface area (Å²) in [7, 11) is 4.85. The number of carbonyl (C=O) groups is 2. The van der Waals surface area contributed by atoms with Gasteiger partial charge in [-0.2, -0.15) is 0 Å². The Morgan fingerprint density at radius 1 is 1.20 bits per heavy atom. The third-order valence-electron chi connectivity index (χ3n) is 2.78. The van der Waals surface area contributed by atoms with Gasteiger partial charge in [-0.05, 0) is 12.1 Å². The van der Waals surface area contributed by atoms with Gasteiger partial charge in [-0.25, -0.2) is 0 Å². The Balaban J connectivity index is 3.05. The van der Waals surface area contributed by atoms with Gasteiger partial charge in [-0.1, -0.05) is 20.8 Å². The fraction of sp³-hybridized carbons (Fsp3) is 0.467. The number of nitrogens with one attached hydrogen (secondary N) is 1. The summed E-state index contributed by atoms with van der Waals surface area (Å²) in [6.07, 6.45) is 0. The first-order valence-electron chi connectivity index (χ1n) is 6.38. The summed E-state index contributed by atoms with van der Waals surface area (Å²) in [6, 6.07) is 5.00. The molecule has 5 heteroatoms. The molecule has 0 aliphatic carbocycles. The maximum atomic E-state index is 12.0. The van der Waals surface area contributed by atoms with Crippen LogP contribution in [0.15, 0.2) is 18.2 Å². The normalized spacial score (nSPS) is 10.9. The van der Waals surface area contributed by atoms with Crippen molar-refractivity contribution in [2.75, 3.05) is 26.5 Å². The first-order valence-corrected chi connectivity index (χ1v) is 6.38. The summed E-state index contributed by atoms with van der Waals surface area (Å²) in [5, 5.41) is 2.81. The Labute approximate surface area is 119 Å². The molecular formula is C15H22N2O3. The van der Waals surface area contributed by atoms with Gasteiger partial charge in [0.25, 0.3) is 5.91 Å². The van der Waals surface area contributed by atoms with E-state index in [1.54, 1.807) is 32.3 Å². The van der Waals surface area contributed by atoms with Crippen LogP contribution in [0.4, 0.5) is 5.69 Å². The minimum Gasteiger partial charge on any atom is -0.496 e. The van der Waals surface area contributed by atoms with E-state index in [-0.39, 0.29) is 11.8 Å². The molecule has 0 unspecified atom stereocenters. The van der Waals surface area contributed by atoms with Gasteiger partial charge in [0, 0.05) is 31.3 Å². The van der Waals surface area contributed by atoms with Gasteiger partial charge < -0.3 is 15.0 Å². The van der Waals surface area contributed by atoms with Crippen LogP contribution in [0.2, 0.25) is 0 Å². The molecule has 1 rings (SSSR count). The number of benzene rings is 1. The first-order chi connectivity index (χ1) is 9.16. The number of carbonyl (C=O) groups excluding carboxylic acids is 2. The highest BCUT2D eigenvalue weighted by atomic mass is 16.5. The van der Waals surface area contributed by atoms with E-state index in [9.17, 15) is 9.59 Å². The molecule has 0 saturated heterocycles. The lowest BCUT2D eigenvalue weighted by atomic mass is 9.95. The molecule has 0 saturated carbocycles. The van der Waals surface area contributed by atoms with E-state index < -0.39 is 5.41 Å². The monoisotopic (exact) mass is 278 g/mol. The van der Waals surface area contributed by atoms with E-state index in [2.05, 4.69) is 5.32 Å². The molecule has 0 bridgehead atoms. The highest BCUT2D eigenvalue weighted by Crippen LogP contribution is 2.25. The van der Waals surface area contributed by atoms with Gasteiger partial charge in [-0.15, -0.1) is 0 Å². The van der Waals surface area contributed by atoms with Crippen LogP contribution in [0.25, 0.3) is 0 Å². The molecule has 0 aromatic heterocycles. The smallest absolute Gasteiger partial charge is 0.257 e. The fourth-order valence-electron chi connectivity index (χ4n) is 1.51. The highest BCUT2D eigenvalue weighted by molar-refractivity contribution is 5.99. The second-order valence-electron chi connectivity index (χ2n) is 5.82. The lowest BCUT2D eigenvalue weighted by Gasteiger charge is -2.19. The van der Waals surface area contributed by atoms with Crippen LogP contribution in [0.3, 0.4) is 0 Å².